The number of nitrogens with two attached hydrogens (primary N) is 2. The van der Waals surface area contributed by atoms with Crippen molar-refractivity contribution in [3.63, 3.8) is 0 Å². The first-order valence-corrected chi connectivity index (χ1v) is 5.66. The van der Waals surface area contributed by atoms with Crippen LogP contribution in [0.25, 0.3) is 0 Å². The molecule has 4 nitrogen and oxygen atoms in total. The second-order valence-electron chi connectivity index (χ2n) is 3.81. The zero-order chi connectivity index (χ0) is 13.1. The summed E-state index contributed by atoms with van der Waals surface area (Å²) in [4.78, 5) is 11.0. The van der Waals surface area contributed by atoms with E-state index in [2.05, 4.69) is 5.32 Å². The second-order valence-corrected chi connectivity index (χ2v) is 4.21. The minimum Gasteiger partial charge on any atom is -0.399 e. The van der Waals surface area contributed by atoms with E-state index >= 15 is 0 Å². The van der Waals surface area contributed by atoms with Crippen LogP contribution in [0.3, 0.4) is 0 Å². The molecule has 0 spiro atoms. The lowest BCUT2D eigenvalue weighted by molar-refractivity contribution is 0.100. The Hall–Kier alpha value is -2.20. The van der Waals surface area contributed by atoms with E-state index in [1.54, 1.807) is 24.3 Å². The van der Waals surface area contributed by atoms with E-state index in [0.717, 1.165) is 5.69 Å². The first-order valence-electron chi connectivity index (χ1n) is 5.28. The Balaban J connectivity index is 2.24. The summed E-state index contributed by atoms with van der Waals surface area (Å²) >= 11 is 6.06. The van der Waals surface area contributed by atoms with Gasteiger partial charge >= 0.3 is 0 Å². The summed E-state index contributed by atoms with van der Waals surface area (Å²) in [5.41, 5.74) is 13.4. The van der Waals surface area contributed by atoms with Crippen molar-refractivity contribution in [2.75, 3.05) is 11.1 Å². The van der Waals surface area contributed by atoms with Crippen molar-refractivity contribution >= 4 is 34.6 Å². The molecule has 2 rings (SSSR count). The van der Waals surface area contributed by atoms with Crippen LogP contribution in [0.4, 0.5) is 17.1 Å². The van der Waals surface area contributed by atoms with Gasteiger partial charge in [0.15, 0.2) is 0 Å². The number of halogens is 1. The minimum absolute atomic E-state index is 0.378. The largest absolute Gasteiger partial charge is 0.399 e. The summed E-state index contributed by atoms with van der Waals surface area (Å²) in [6, 6.07) is 12.1. The van der Waals surface area contributed by atoms with Gasteiger partial charge in [-0.1, -0.05) is 11.6 Å². The second kappa shape index (κ2) is 4.98. The topological polar surface area (TPSA) is 81.1 Å². The van der Waals surface area contributed by atoms with Crippen LogP contribution in [-0.2, 0) is 0 Å². The van der Waals surface area contributed by atoms with Gasteiger partial charge in [0.25, 0.3) is 0 Å². The van der Waals surface area contributed by atoms with Crippen LogP contribution in [0.1, 0.15) is 10.4 Å². The Labute approximate surface area is 110 Å². The number of hydrogen-bond donors (Lipinski definition) is 3. The van der Waals surface area contributed by atoms with E-state index in [1.807, 2.05) is 12.1 Å². The summed E-state index contributed by atoms with van der Waals surface area (Å²) in [6.07, 6.45) is 0. The lowest BCUT2D eigenvalue weighted by Crippen LogP contribution is -2.10. The average Bonchev–Trinajstić information content (AvgIpc) is 2.34. The molecule has 0 unspecified atom stereocenters. The van der Waals surface area contributed by atoms with E-state index in [0.29, 0.717) is 22.0 Å². The molecule has 5 heteroatoms. The number of nitrogen functional groups attached to an aromatic ring is 1. The summed E-state index contributed by atoms with van der Waals surface area (Å²) < 4.78 is 0. The van der Waals surface area contributed by atoms with Crippen molar-refractivity contribution in [3.05, 3.63) is 53.1 Å². The van der Waals surface area contributed by atoms with E-state index in [-0.39, 0.29) is 0 Å². The third-order valence-corrected chi connectivity index (χ3v) is 2.76. The number of rotatable bonds is 3. The molecular formula is C13H12ClN3O. The number of benzene rings is 2. The molecule has 2 aromatic rings. The molecule has 0 saturated heterocycles. The van der Waals surface area contributed by atoms with Gasteiger partial charge in [0.1, 0.15) is 0 Å². The standard InChI is InChI=1S/C13H12ClN3O/c14-11-7-8(13(16)18)1-6-12(11)17-10-4-2-9(15)3-5-10/h1-7,17H,15H2,(H2,16,18). The van der Waals surface area contributed by atoms with E-state index in [9.17, 15) is 4.79 Å². The highest BCUT2D eigenvalue weighted by molar-refractivity contribution is 6.33. The third kappa shape index (κ3) is 2.73. The predicted molar refractivity (Wildman–Crippen MR) is 74.1 cm³/mol. The van der Waals surface area contributed by atoms with Crippen LogP contribution in [0, 0.1) is 0 Å². The summed E-state index contributed by atoms with van der Waals surface area (Å²) in [7, 11) is 0. The van der Waals surface area contributed by atoms with Gasteiger partial charge in [-0.05, 0) is 42.5 Å². The number of hydrogen-bond acceptors (Lipinski definition) is 3. The average molecular weight is 262 g/mol. The van der Waals surface area contributed by atoms with Crippen molar-refractivity contribution < 1.29 is 4.79 Å². The lowest BCUT2D eigenvalue weighted by atomic mass is 10.2. The Morgan fingerprint density at radius 3 is 2.33 bits per heavy atom. The fourth-order valence-electron chi connectivity index (χ4n) is 1.49. The van der Waals surface area contributed by atoms with Crippen LogP contribution in [0.15, 0.2) is 42.5 Å². The van der Waals surface area contributed by atoms with Gasteiger partial charge in [-0.3, -0.25) is 4.79 Å². The minimum atomic E-state index is -0.504. The van der Waals surface area contributed by atoms with Crippen molar-refractivity contribution in [1.82, 2.24) is 0 Å². The number of primary amides is 1. The Kier molecular flexibility index (Phi) is 3.39. The highest BCUT2D eigenvalue weighted by Gasteiger charge is 2.05. The van der Waals surface area contributed by atoms with Crippen molar-refractivity contribution in [2.24, 2.45) is 5.73 Å². The van der Waals surface area contributed by atoms with Gasteiger partial charge in [0.2, 0.25) is 5.91 Å². The zero-order valence-electron chi connectivity index (χ0n) is 9.48. The molecule has 0 saturated carbocycles. The molecule has 2 aromatic carbocycles. The lowest BCUT2D eigenvalue weighted by Gasteiger charge is -2.09. The molecule has 0 aliphatic heterocycles. The van der Waals surface area contributed by atoms with Gasteiger partial charge in [0, 0.05) is 16.9 Å². The van der Waals surface area contributed by atoms with E-state index in [4.69, 9.17) is 23.1 Å². The quantitative estimate of drug-likeness (QED) is 0.743. The molecule has 0 radical (unpaired) electrons. The number of carbonyl (C=O) groups is 1. The summed E-state index contributed by atoms with van der Waals surface area (Å²) in [5.74, 6) is -0.504. The summed E-state index contributed by atoms with van der Waals surface area (Å²) in [6.45, 7) is 0. The highest BCUT2D eigenvalue weighted by Crippen LogP contribution is 2.26. The number of anilines is 3. The third-order valence-electron chi connectivity index (χ3n) is 2.44. The first kappa shape index (κ1) is 12.3. The maximum Gasteiger partial charge on any atom is 0.248 e. The predicted octanol–water partition coefficient (Wildman–Crippen LogP) is 2.76. The zero-order valence-corrected chi connectivity index (χ0v) is 10.2. The molecule has 1 amide bonds. The molecule has 0 fully saturated rings. The number of amides is 1. The van der Waals surface area contributed by atoms with Crippen molar-refractivity contribution in [2.45, 2.75) is 0 Å². The molecule has 0 aliphatic carbocycles. The fourth-order valence-corrected chi connectivity index (χ4v) is 1.72. The molecule has 0 heterocycles. The van der Waals surface area contributed by atoms with Gasteiger partial charge in [-0.2, -0.15) is 0 Å². The molecule has 0 aliphatic rings. The van der Waals surface area contributed by atoms with E-state index < -0.39 is 5.91 Å². The Morgan fingerprint density at radius 2 is 1.78 bits per heavy atom. The molecule has 0 aromatic heterocycles. The molecular weight excluding hydrogens is 250 g/mol. The van der Waals surface area contributed by atoms with Crippen molar-refractivity contribution in [3.8, 4) is 0 Å². The maximum atomic E-state index is 11.0. The fraction of sp³-hybridized carbons (Fsp3) is 0. The monoisotopic (exact) mass is 261 g/mol. The van der Waals surface area contributed by atoms with Crippen LogP contribution < -0.4 is 16.8 Å². The molecule has 0 bridgehead atoms. The molecule has 18 heavy (non-hydrogen) atoms. The smallest absolute Gasteiger partial charge is 0.248 e. The Morgan fingerprint density at radius 1 is 1.11 bits per heavy atom. The van der Waals surface area contributed by atoms with Crippen molar-refractivity contribution in [1.29, 1.82) is 0 Å². The van der Waals surface area contributed by atoms with Crippen LogP contribution >= 0.6 is 11.6 Å². The van der Waals surface area contributed by atoms with Crippen LogP contribution in [0.5, 0.6) is 0 Å². The van der Waals surface area contributed by atoms with Crippen LogP contribution in [-0.4, -0.2) is 5.91 Å². The normalized spacial score (nSPS) is 10.1. The van der Waals surface area contributed by atoms with Gasteiger partial charge < -0.3 is 16.8 Å². The molecule has 92 valence electrons. The number of carbonyl (C=O) groups excluding carboxylic acids is 1. The highest BCUT2D eigenvalue weighted by atomic mass is 35.5. The maximum absolute atomic E-state index is 11.0. The van der Waals surface area contributed by atoms with Crippen LogP contribution in [0.2, 0.25) is 5.02 Å². The van der Waals surface area contributed by atoms with Gasteiger partial charge in [-0.25, -0.2) is 0 Å². The van der Waals surface area contributed by atoms with Gasteiger partial charge in [-0.15, -0.1) is 0 Å². The SMILES string of the molecule is NC(=O)c1ccc(Nc2ccc(N)cc2)c(Cl)c1. The van der Waals surface area contributed by atoms with Gasteiger partial charge in [0.05, 0.1) is 10.7 Å². The Bertz CT molecular complexity index is 581. The molecule has 5 N–H and O–H groups in total. The number of nitrogens with one attached hydrogen (secondary N) is 1. The first-order chi connectivity index (χ1) is 8.56. The molecule has 0 atom stereocenters. The summed E-state index contributed by atoms with van der Waals surface area (Å²) in [5, 5.41) is 3.56. The van der Waals surface area contributed by atoms with E-state index in [1.165, 1.54) is 6.07 Å².